The van der Waals surface area contributed by atoms with Crippen molar-refractivity contribution >= 4 is 65.5 Å². The third-order valence-corrected chi connectivity index (χ3v) is 21.3. The second-order valence-electron chi connectivity index (χ2n) is 29.6. The van der Waals surface area contributed by atoms with Gasteiger partial charge in [-0.1, -0.05) is 0 Å². The van der Waals surface area contributed by atoms with E-state index in [2.05, 4.69) is 0 Å². The van der Waals surface area contributed by atoms with Crippen LogP contribution in [0.15, 0.2) is 96.6 Å². The van der Waals surface area contributed by atoms with E-state index in [-0.39, 0.29) is 24.3 Å². The Morgan fingerprint density at radius 2 is 0.800 bits per heavy atom. The van der Waals surface area contributed by atoms with Crippen molar-refractivity contribution < 1.29 is 262 Å². The summed E-state index contributed by atoms with van der Waals surface area (Å²) in [5.74, 6) is -79.0. The SMILES string of the molecule is O=C1O[C@@H]2[C@@H]3OC(=O)c4cc(O)c(O)c(O)c4-c4c(cc(Oc5c(C(=O)O[C@@H]6[C@@H](OC(=O)c7cc(O)c(O)c(O)c7)O[C@@H](COC(=O)c7cc(O)c(O)c(O)c7)[C@@H](OC(=O)c7cc(O)c(O)c(O)c7)[C@H]6OC(=O)c6cc(O)c(O)c(O)c6)cc(O)c(O)c5O)c(O)c4O)C(=O)OC[C@@H]2O[C@H](OC(=O)c2cc(O)c(O)c(O)c2)[C@H]3C(=O)Oc2cc(O)c(O)c3c2[C@@H]2C1=CC(=O)[C@](O)(O3)C2(O)O. The molecule has 2 saturated heterocycles. The van der Waals surface area contributed by atoms with Crippen LogP contribution in [-0.2, 0) is 66.5 Å². The molecule has 12 atom stereocenters. The number of ether oxygens (including phenoxy) is 14. The largest absolute Gasteiger partial charge is 0.504 e. The van der Waals surface area contributed by atoms with Crippen molar-refractivity contribution in [3.63, 3.8) is 0 Å². The normalized spacial score (nSPS) is 21.8. The Bertz CT molecular complexity index is 6630. The van der Waals surface area contributed by atoms with Gasteiger partial charge in [0, 0.05) is 29.3 Å². The van der Waals surface area contributed by atoms with Crippen LogP contribution in [0.2, 0.25) is 0 Å². The van der Waals surface area contributed by atoms with Gasteiger partial charge in [-0.05, 0) is 72.8 Å². The maximum Gasteiger partial charge on any atom is 0.342 e. The van der Waals surface area contributed by atoms with Crippen LogP contribution < -0.4 is 14.2 Å². The first kappa shape index (κ1) is 91.2. The molecule has 704 valence electrons. The Kier molecular flexibility index (Phi) is 22.4. The lowest BCUT2D eigenvalue weighted by atomic mass is 9.71. The van der Waals surface area contributed by atoms with E-state index in [0.717, 1.165) is 0 Å². The first-order valence-electron chi connectivity index (χ1n) is 37.5. The molecule has 5 aliphatic heterocycles. The molecule has 6 aliphatic rings. The number of ketones is 1. The Hall–Kier alpha value is -18.5. The number of esters is 10. The minimum absolute atomic E-state index is 0.0408. The zero-order valence-electron chi connectivity index (χ0n) is 66.2. The third-order valence-electron chi connectivity index (χ3n) is 21.3. The zero-order valence-corrected chi connectivity index (χ0v) is 66.2. The molecular formula is C82H58O53. The summed E-state index contributed by atoms with van der Waals surface area (Å²) in [5.41, 5.74) is -15.5. The number of rotatable bonds is 15. The van der Waals surface area contributed by atoms with Gasteiger partial charge in [-0.2, -0.15) is 0 Å². The second-order valence-corrected chi connectivity index (χ2v) is 29.6. The molecule has 135 heavy (non-hydrogen) atoms. The van der Waals surface area contributed by atoms with E-state index >= 15 is 24.0 Å². The third kappa shape index (κ3) is 15.5. The zero-order chi connectivity index (χ0) is 98.3. The molecule has 0 saturated carbocycles. The highest BCUT2D eigenvalue weighted by molar-refractivity contribution is 6.10. The van der Waals surface area contributed by atoms with Crippen molar-refractivity contribution in [3.05, 3.63) is 147 Å². The molecule has 6 bridgehead atoms. The van der Waals surface area contributed by atoms with Gasteiger partial charge < -0.3 is 209 Å². The molecular weight excluding hydrogens is 1830 g/mol. The number of hydrogen-bond donors (Lipinski definition) is 28. The summed E-state index contributed by atoms with van der Waals surface area (Å²) in [5, 5.41) is 307. The summed E-state index contributed by atoms with van der Waals surface area (Å²) in [6.07, 6.45) is -25.9. The van der Waals surface area contributed by atoms with Crippen LogP contribution in [0, 0.1) is 5.92 Å². The maximum absolute atomic E-state index is 15.7. The molecule has 2 fully saturated rings. The Morgan fingerprint density at radius 1 is 0.385 bits per heavy atom. The summed E-state index contributed by atoms with van der Waals surface area (Å²) in [4.78, 5) is 163. The number of carbonyl (C=O) groups is 11. The number of carbonyl (C=O) groups excluding carboxylic acids is 11. The van der Waals surface area contributed by atoms with E-state index in [0.29, 0.717) is 66.7 Å². The fraction of sp³-hybridized carbons (Fsp3) is 0.183. The molecule has 9 aromatic carbocycles. The lowest BCUT2D eigenvalue weighted by Gasteiger charge is -2.49. The van der Waals surface area contributed by atoms with Gasteiger partial charge in [-0.25, -0.2) is 43.2 Å². The minimum Gasteiger partial charge on any atom is -0.504 e. The van der Waals surface area contributed by atoms with E-state index in [9.17, 15) is 172 Å². The molecule has 0 spiro atoms. The van der Waals surface area contributed by atoms with Gasteiger partial charge in [0.25, 0.3) is 5.79 Å². The molecule has 0 radical (unpaired) electrons. The molecule has 9 aromatic rings. The molecule has 0 amide bonds. The van der Waals surface area contributed by atoms with E-state index in [1.165, 1.54) is 0 Å². The number of cyclic esters (lactones) is 1. The summed E-state index contributed by atoms with van der Waals surface area (Å²) in [7, 11) is 0. The van der Waals surface area contributed by atoms with Crippen LogP contribution in [0.3, 0.4) is 0 Å². The monoisotopic (exact) mass is 1890 g/mol. The predicted molar refractivity (Wildman–Crippen MR) is 412 cm³/mol. The second kappa shape index (κ2) is 33.2. The van der Waals surface area contributed by atoms with Gasteiger partial charge in [0.1, 0.15) is 36.7 Å². The number of aliphatic hydroxyl groups is 3. The molecule has 53 nitrogen and oxygen atoms in total. The quantitative estimate of drug-likeness (QED) is 0.0224. The van der Waals surface area contributed by atoms with Gasteiger partial charge in [0.15, 0.2) is 163 Å². The lowest BCUT2D eigenvalue weighted by molar-refractivity contribution is -0.339. The number of fused-ring (bicyclic) bond motifs is 4. The van der Waals surface area contributed by atoms with Gasteiger partial charge in [0.2, 0.25) is 53.2 Å². The van der Waals surface area contributed by atoms with Crippen LogP contribution in [0.1, 0.15) is 94.3 Å². The van der Waals surface area contributed by atoms with E-state index < -0.39 is 391 Å². The van der Waals surface area contributed by atoms with Crippen molar-refractivity contribution in [2.75, 3.05) is 13.2 Å². The molecule has 53 heteroatoms. The highest BCUT2D eigenvalue weighted by Gasteiger charge is 2.71. The molecule has 0 aromatic heterocycles. The van der Waals surface area contributed by atoms with Crippen LogP contribution >= 0.6 is 0 Å². The number of hydrogen-bond acceptors (Lipinski definition) is 53. The van der Waals surface area contributed by atoms with Gasteiger partial charge >= 0.3 is 65.5 Å². The van der Waals surface area contributed by atoms with Crippen LogP contribution in [0.25, 0.3) is 11.1 Å². The number of benzene rings is 9. The average Bonchev–Trinajstić information content (AvgIpc) is 1.43. The van der Waals surface area contributed by atoms with E-state index in [1.807, 2.05) is 0 Å². The number of phenolic OH excluding ortho intramolecular Hbond substituents is 25. The standard InChI is InChI=1S/C82H58O53/c83-27-1-18(2-28(84)50(27)97)69(109)122-16-43-64(128-70(110)19-3-29(85)51(98)30(86)4-19)67(131-71(111)20-5-31(87)52(99)32(88)6-20)68(80(127-43)134-73(113)22-9-35(91)54(101)36(92)10-22)132-77(117)26-12-38(94)56(103)61(108)62(26)124-41-13-24-46(60(107)58(41)105)45-23(11-37(93)55(102)59(45)106)75(115)130-66-48-78(118)125-40-15-39(95)57(104)65-47(40)49-25(14-44(96)82(121,135-65)81(49,119)120)76(116)129-63(66)42(17-123-74(24)114)126-79(48)133-72(112)21-7-33(89)53(100)34(90)8-21/h1-15,42-43,48-49,63-64,66-68,79-80,83-95,97-108,119-121H,16-17H2/t42-,43-,48+,49-,63-,64+,66+,67+,68-,79+,80+,82-/m0/s1. The van der Waals surface area contributed by atoms with Gasteiger partial charge in [-0.3, -0.25) is 9.59 Å². The highest BCUT2D eigenvalue weighted by Crippen LogP contribution is 2.62. The topological polar surface area (TPSA) is 883 Å². The highest BCUT2D eigenvalue weighted by atomic mass is 16.8. The van der Waals surface area contributed by atoms with Crippen molar-refractivity contribution in [2.45, 2.75) is 72.8 Å². The van der Waals surface area contributed by atoms with Gasteiger partial charge in [0.05, 0.1) is 56.0 Å². The first-order chi connectivity index (χ1) is 63.4. The van der Waals surface area contributed by atoms with Crippen LogP contribution in [0.4, 0.5) is 0 Å². The summed E-state index contributed by atoms with van der Waals surface area (Å²) in [6.45, 7) is -3.30. The van der Waals surface area contributed by atoms with Gasteiger partial charge in [-0.15, -0.1) is 0 Å². The Balaban J connectivity index is 0.875. The minimum atomic E-state index is -4.19. The smallest absolute Gasteiger partial charge is 0.342 e. The van der Waals surface area contributed by atoms with E-state index in [4.69, 9.17) is 66.3 Å². The molecule has 28 N–H and O–H groups in total. The maximum atomic E-state index is 15.7. The number of aromatic hydroxyl groups is 25. The lowest BCUT2D eigenvalue weighted by Crippen LogP contribution is -2.70. The summed E-state index contributed by atoms with van der Waals surface area (Å²) in [6, 6.07) is 4.58. The Morgan fingerprint density at radius 3 is 1.30 bits per heavy atom. The van der Waals surface area contributed by atoms with Crippen molar-refractivity contribution in [2.24, 2.45) is 5.92 Å². The fourth-order valence-electron chi connectivity index (χ4n) is 14.7. The first-order valence-corrected chi connectivity index (χ1v) is 37.5. The summed E-state index contributed by atoms with van der Waals surface area (Å²) >= 11 is 0. The molecule has 5 heterocycles. The summed E-state index contributed by atoms with van der Waals surface area (Å²) < 4.78 is 79.5. The average molecular weight is 1890 g/mol. The molecule has 0 unspecified atom stereocenters. The van der Waals surface area contributed by atoms with Crippen LogP contribution in [-0.4, -0.2) is 289 Å². The number of phenols is 25. The van der Waals surface area contributed by atoms with Crippen molar-refractivity contribution in [1.29, 1.82) is 0 Å². The van der Waals surface area contributed by atoms with Crippen molar-refractivity contribution in [1.82, 2.24) is 0 Å². The van der Waals surface area contributed by atoms with Crippen LogP contribution in [0.5, 0.6) is 167 Å². The van der Waals surface area contributed by atoms with E-state index in [1.54, 1.807) is 0 Å². The molecule has 15 rings (SSSR count). The van der Waals surface area contributed by atoms with Crippen molar-refractivity contribution in [3.8, 4) is 178 Å². The predicted octanol–water partition coefficient (Wildman–Crippen LogP) is 0.981. The fourth-order valence-corrected chi connectivity index (χ4v) is 14.7. The Labute approximate surface area is 741 Å². The molecule has 1 aliphatic carbocycles.